The smallest absolute Gasteiger partial charge is 0.243 e. The number of likely N-dealkylation sites (N-methyl/N-ethyl adjacent to an activating group) is 1. The molecular weight excluding hydrogens is 432 g/mol. The van der Waals surface area contributed by atoms with E-state index in [0.29, 0.717) is 11.4 Å². The Morgan fingerprint density at radius 3 is 1.97 bits per heavy atom. The number of carbonyl (C=O) groups excluding carboxylic acids is 3. The minimum absolute atomic E-state index is 0.0235. The van der Waals surface area contributed by atoms with E-state index >= 15 is 0 Å². The first-order valence-electron chi connectivity index (χ1n) is 8.70. The third-order valence-electron chi connectivity index (χ3n) is 3.81. The summed E-state index contributed by atoms with van der Waals surface area (Å²) in [5.74, 6) is -1.13. The summed E-state index contributed by atoms with van der Waals surface area (Å²) in [5, 5.41) is 7.84. The van der Waals surface area contributed by atoms with Gasteiger partial charge in [-0.05, 0) is 42.5 Å². The molecular formula is C19H21ClN4O5S. The maximum atomic E-state index is 12.7. The van der Waals surface area contributed by atoms with Crippen LogP contribution in [0.15, 0.2) is 47.4 Å². The Balaban J connectivity index is 2.05. The van der Waals surface area contributed by atoms with Crippen LogP contribution in [0.2, 0.25) is 5.02 Å². The minimum Gasteiger partial charge on any atom is -0.326 e. The number of benzene rings is 2. The minimum atomic E-state index is -3.92. The zero-order valence-corrected chi connectivity index (χ0v) is 18.1. The molecule has 0 aromatic heterocycles. The highest BCUT2D eigenvalue weighted by atomic mass is 35.5. The molecule has 3 amide bonds. The van der Waals surface area contributed by atoms with Gasteiger partial charge in [0.15, 0.2) is 0 Å². The lowest BCUT2D eigenvalue weighted by Gasteiger charge is -2.17. The molecule has 0 radical (unpaired) electrons. The Labute approximate surface area is 179 Å². The van der Waals surface area contributed by atoms with Crippen molar-refractivity contribution in [2.45, 2.75) is 18.7 Å². The third-order valence-corrected chi connectivity index (χ3v) is 5.94. The van der Waals surface area contributed by atoms with Gasteiger partial charge in [0.2, 0.25) is 27.7 Å². The number of hydrogen-bond donors (Lipinski definition) is 3. The summed E-state index contributed by atoms with van der Waals surface area (Å²) in [7, 11) is -2.65. The number of rotatable bonds is 7. The molecule has 9 nitrogen and oxygen atoms in total. The first-order chi connectivity index (χ1) is 14.0. The van der Waals surface area contributed by atoms with E-state index in [0.717, 1.165) is 4.31 Å². The Hall–Kier alpha value is -2.95. The van der Waals surface area contributed by atoms with Crippen molar-refractivity contribution >= 4 is 56.4 Å². The number of halogens is 1. The molecule has 160 valence electrons. The summed E-state index contributed by atoms with van der Waals surface area (Å²) in [6.07, 6.45) is 0. The standard InChI is InChI=1S/C19H21ClN4O5S/c1-12(25)21-14-4-7-16(8-5-14)30(28,29)24(3)11-19(27)23-18-9-6-15(10-17(18)20)22-13(2)26/h4-10H,11H2,1-3H3,(H,21,25)(H,22,26)(H,23,27). The average molecular weight is 453 g/mol. The fourth-order valence-electron chi connectivity index (χ4n) is 2.47. The van der Waals surface area contributed by atoms with Gasteiger partial charge in [0, 0.05) is 32.3 Å². The highest BCUT2D eigenvalue weighted by Gasteiger charge is 2.23. The average Bonchev–Trinajstić information content (AvgIpc) is 2.63. The van der Waals surface area contributed by atoms with Crippen LogP contribution in [-0.4, -0.2) is 44.0 Å². The van der Waals surface area contributed by atoms with Gasteiger partial charge in [-0.1, -0.05) is 11.6 Å². The topological polar surface area (TPSA) is 125 Å². The van der Waals surface area contributed by atoms with Crippen molar-refractivity contribution in [1.29, 1.82) is 0 Å². The Bertz CT molecular complexity index is 1070. The number of carbonyl (C=O) groups is 3. The Kier molecular flexibility index (Phi) is 7.54. The maximum absolute atomic E-state index is 12.7. The van der Waals surface area contributed by atoms with Crippen LogP contribution in [0.4, 0.5) is 17.1 Å². The lowest BCUT2D eigenvalue weighted by Crippen LogP contribution is -2.35. The van der Waals surface area contributed by atoms with Crippen molar-refractivity contribution in [2.24, 2.45) is 0 Å². The van der Waals surface area contributed by atoms with E-state index in [1.165, 1.54) is 57.3 Å². The van der Waals surface area contributed by atoms with Crippen LogP contribution in [0, 0.1) is 0 Å². The van der Waals surface area contributed by atoms with Gasteiger partial charge in [0.25, 0.3) is 0 Å². The van der Waals surface area contributed by atoms with Crippen molar-refractivity contribution < 1.29 is 22.8 Å². The van der Waals surface area contributed by atoms with E-state index in [2.05, 4.69) is 16.0 Å². The van der Waals surface area contributed by atoms with E-state index in [4.69, 9.17) is 11.6 Å². The monoisotopic (exact) mass is 452 g/mol. The molecule has 0 bridgehead atoms. The predicted molar refractivity (Wildman–Crippen MR) is 115 cm³/mol. The molecule has 0 unspecified atom stereocenters. The summed E-state index contributed by atoms with van der Waals surface area (Å²) >= 11 is 6.10. The molecule has 0 atom stereocenters. The molecule has 2 aromatic carbocycles. The van der Waals surface area contributed by atoms with Gasteiger partial charge in [-0.15, -0.1) is 0 Å². The van der Waals surface area contributed by atoms with Crippen molar-refractivity contribution in [2.75, 3.05) is 29.5 Å². The van der Waals surface area contributed by atoms with Crippen molar-refractivity contribution in [3.63, 3.8) is 0 Å². The van der Waals surface area contributed by atoms with Crippen molar-refractivity contribution in [3.05, 3.63) is 47.5 Å². The normalized spacial score (nSPS) is 11.1. The third kappa shape index (κ3) is 6.28. The van der Waals surface area contributed by atoms with Crippen LogP contribution in [0.3, 0.4) is 0 Å². The molecule has 30 heavy (non-hydrogen) atoms. The molecule has 3 N–H and O–H groups in total. The summed E-state index contributed by atoms with van der Waals surface area (Å²) in [6.45, 7) is 2.25. The van der Waals surface area contributed by atoms with E-state index in [1.54, 1.807) is 6.07 Å². The summed E-state index contributed by atoms with van der Waals surface area (Å²) in [5.41, 5.74) is 1.20. The van der Waals surface area contributed by atoms with Crippen LogP contribution in [0.25, 0.3) is 0 Å². The van der Waals surface area contributed by atoms with Gasteiger partial charge in [-0.2, -0.15) is 4.31 Å². The van der Waals surface area contributed by atoms with Gasteiger partial charge in [-0.3, -0.25) is 14.4 Å². The second-order valence-electron chi connectivity index (χ2n) is 6.39. The van der Waals surface area contributed by atoms with Gasteiger partial charge in [-0.25, -0.2) is 8.42 Å². The molecule has 11 heteroatoms. The molecule has 2 aromatic rings. The van der Waals surface area contributed by atoms with Crippen LogP contribution in [0.5, 0.6) is 0 Å². The molecule has 0 aliphatic rings. The SMILES string of the molecule is CC(=O)Nc1ccc(S(=O)(=O)N(C)CC(=O)Nc2ccc(NC(C)=O)cc2Cl)cc1. The van der Waals surface area contributed by atoms with Crippen molar-refractivity contribution in [3.8, 4) is 0 Å². The molecule has 0 saturated heterocycles. The maximum Gasteiger partial charge on any atom is 0.243 e. The Morgan fingerprint density at radius 1 is 0.900 bits per heavy atom. The number of sulfonamides is 1. The lowest BCUT2D eigenvalue weighted by atomic mass is 10.2. The first kappa shape index (κ1) is 23.3. The summed E-state index contributed by atoms with van der Waals surface area (Å²) in [6, 6.07) is 10.1. The van der Waals surface area contributed by atoms with Gasteiger partial charge in [0.1, 0.15) is 0 Å². The second-order valence-corrected chi connectivity index (χ2v) is 8.84. The largest absolute Gasteiger partial charge is 0.326 e. The van der Waals surface area contributed by atoms with Gasteiger partial charge >= 0.3 is 0 Å². The van der Waals surface area contributed by atoms with Crippen LogP contribution in [-0.2, 0) is 24.4 Å². The number of hydrogen-bond acceptors (Lipinski definition) is 5. The zero-order chi connectivity index (χ0) is 22.5. The van der Waals surface area contributed by atoms with E-state index in [1.807, 2.05) is 0 Å². The molecule has 0 fully saturated rings. The quantitative estimate of drug-likeness (QED) is 0.595. The predicted octanol–water partition coefficient (Wildman–Crippen LogP) is 2.52. The van der Waals surface area contributed by atoms with E-state index < -0.39 is 22.5 Å². The molecule has 0 heterocycles. The van der Waals surface area contributed by atoms with E-state index in [-0.39, 0.29) is 27.4 Å². The number of amides is 3. The number of nitrogens with zero attached hydrogens (tertiary/aromatic N) is 1. The fraction of sp³-hybridized carbons (Fsp3) is 0.211. The zero-order valence-electron chi connectivity index (χ0n) is 16.5. The first-order valence-corrected chi connectivity index (χ1v) is 10.5. The molecule has 0 aliphatic heterocycles. The molecule has 2 rings (SSSR count). The van der Waals surface area contributed by atoms with Crippen molar-refractivity contribution in [1.82, 2.24) is 4.31 Å². The summed E-state index contributed by atoms with van der Waals surface area (Å²) in [4.78, 5) is 34.4. The van der Waals surface area contributed by atoms with Crippen LogP contribution < -0.4 is 16.0 Å². The van der Waals surface area contributed by atoms with Gasteiger partial charge < -0.3 is 16.0 Å². The highest BCUT2D eigenvalue weighted by Crippen LogP contribution is 2.25. The fourth-order valence-corrected chi connectivity index (χ4v) is 3.82. The second kappa shape index (κ2) is 9.70. The summed E-state index contributed by atoms with van der Waals surface area (Å²) < 4.78 is 26.2. The number of nitrogens with one attached hydrogen (secondary N) is 3. The molecule has 0 saturated carbocycles. The highest BCUT2D eigenvalue weighted by molar-refractivity contribution is 7.89. The van der Waals surface area contributed by atoms with Gasteiger partial charge in [0.05, 0.1) is 22.2 Å². The lowest BCUT2D eigenvalue weighted by molar-refractivity contribution is -0.116. The molecule has 0 spiro atoms. The van der Waals surface area contributed by atoms with Crippen LogP contribution in [0.1, 0.15) is 13.8 Å². The number of anilines is 3. The molecule has 0 aliphatic carbocycles. The Morgan fingerprint density at radius 2 is 1.43 bits per heavy atom. The van der Waals surface area contributed by atoms with E-state index in [9.17, 15) is 22.8 Å². The van der Waals surface area contributed by atoms with Crippen LogP contribution >= 0.6 is 11.6 Å².